The van der Waals surface area contributed by atoms with Gasteiger partial charge in [-0.15, -0.1) is 0 Å². The fourth-order valence-electron chi connectivity index (χ4n) is 2.85. The van der Waals surface area contributed by atoms with Gasteiger partial charge in [-0.3, -0.25) is 0 Å². The van der Waals surface area contributed by atoms with E-state index in [0.29, 0.717) is 6.42 Å². The molecule has 0 bridgehead atoms. The van der Waals surface area contributed by atoms with Gasteiger partial charge in [0.25, 0.3) is 0 Å². The minimum absolute atomic E-state index is 0.365. The SMILES string of the molecule is CCCCCCCCCCCCC(C(N)N)C(O)C(O)CO. The molecule has 0 aromatic heterocycles. The predicted octanol–water partition coefficient (Wildman–Crippen LogP) is 1.87. The van der Waals surface area contributed by atoms with E-state index in [-0.39, 0.29) is 5.92 Å². The average molecular weight is 319 g/mol. The zero-order chi connectivity index (χ0) is 16.8. The molecule has 3 atom stereocenters. The molecule has 22 heavy (non-hydrogen) atoms. The number of hydrogen-bond acceptors (Lipinski definition) is 5. The summed E-state index contributed by atoms with van der Waals surface area (Å²) in [7, 11) is 0. The molecule has 0 fully saturated rings. The first kappa shape index (κ1) is 21.8. The molecule has 0 aromatic rings. The monoisotopic (exact) mass is 318 g/mol. The molecule has 0 aromatic carbocycles. The van der Waals surface area contributed by atoms with Gasteiger partial charge >= 0.3 is 0 Å². The highest BCUT2D eigenvalue weighted by Gasteiger charge is 2.28. The minimum Gasteiger partial charge on any atom is -0.394 e. The molecule has 0 aliphatic heterocycles. The van der Waals surface area contributed by atoms with Gasteiger partial charge in [0, 0.05) is 5.92 Å². The van der Waals surface area contributed by atoms with Crippen molar-refractivity contribution in [3.63, 3.8) is 0 Å². The molecule has 3 unspecified atom stereocenters. The Morgan fingerprint density at radius 3 is 1.64 bits per heavy atom. The molecule has 0 amide bonds. The number of hydrogen-bond donors (Lipinski definition) is 5. The minimum atomic E-state index is -1.16. The van der Waals surface area contributed by atoms with Crippen LogP contribution in [0.25, 0.3) is 0 Å². The number of rotatable bonds is 15. The van der Waals surface area contributed by atoms with Gasteiger partial charge in [0.15, 0.2) is 0 Å². The highest BCUT2D eigenvalue weighted by atomic mass is 16.4. The van der Waals surface area contributed by atoms with Crippen LogP contribution in [0.15, 0.2) is 0 Å². The molecule has 0 rings (SSSR count). The maximum Gasteiger partial charge on any atom is 0.103 e. The van der Waals surface area contributed by atoms with E-state index in [0.717, 1.165) is 12.8 Å². The first-order chi connectivity index (χ1) is 10.5. The molecule has 0 spiro atoms. The van der Waals surface area contributed by atoms with Crippen LogP contribution in [0, 0.1) is 5.92 Å². The summed E-state index contributed by atoms with van der Waals surface area (Å²) in [5.41, 5.74) is 11.4. The van der Waals surface area contributed by atoms with Crippen molar-refractivity contribution in [2.45, 2.75) is 95.9 Å². The predicted molar refractivity (Wildman–Crippen MR) is 91.2 cm³/mol. The van der Waals surface area contributed by atoms with Crippen molar-refractivity contribution in [3.05, 3.63) is 0 Å². The van der Waals surface area contributed by atoms with E-state index in [1.807, 2.05) is 0 Å². The van der Waals surface area contributed by atoms with E-state index < -0.39 is 25.0 Å². The largest absolute Gasteiger partial charge is 0.394 e. The molecular weight excluding hydrogens is 280 g/mol. The van der Waals surface area contributed by atoms with Crippen molar-refractivity contribution < 1.29 is 15.3 Å². The van der Waals surface area contributed by atoms with E-state index in [1.54, 1.807) is 0 Å². The van der Waals surface area contributed by atoms with E-state index in [2.05, 4.69) is 6.92 Å². The molecule has 0 radical (unpaired) electrons. The normalized spacial score (nSPS) is 16.0. The summed E-state index contributed by atoms with van der Waals surface area (Å²) in [4.78, 5) is 0. The lowest BCUT2D eigenvalue weighted by atomic mass is 9.89. The van der Waals surface area contributed by atoms with Crippen molar-refractivity contribution in [2.75, 3.05) is 6.61 Å². The second-order valence-electron chi connectivity index (χ2n) is 6.45. The first-order valence-corrected chi connectivity index (χ1v) is 9.02. The third-order valence-corrected chi connectivity index (χ3v) is 4.41. The zero-order valence-electron chi connectivity index (χ0n) is 14.3. The molecule has 5 heteroatoms. The van der Waals surface area contributed by atoms with Crippen LogP contribution in [0.1, 0.15) is 77.6 Å². The van der Waals surface area contributed by atoms with Crippen LogP contribution in [0.5, 0.6) is 0 Å². The number of nitrogens with two attached hydrogens (primary N) is 2. The van der Waals surface area contributed by atoms with Crippen LogP contribution in [-0.2, 0) is 0 Å². The summed E-state index contributed by atoms with van der Waals surface area (Å²) in [5.74, 6) is -0.365. The van der Waals surface area contributed by atoms with Gasteiger partial charge in [-0.2, -0.15) is 0 Å². The summed E-state index contributed by atoms with van der Waals surface area (Å²) in [6.45, 7) is 1.76. The third-order valence-electron chi connectivity index (χ3n) is 4.41. The molecule has 0 aliphatic carbocycles. The van der Waals surface area contributed by atoms with Gasteiger partial charge in [-0.25, -0.2) is 0 Å². The standard InChI is InChI=1S/C17H38N2O3/c1-2-3-4-5-6-7-8-9-10-11-12-14(17(18)19)16(22)15(21)13-20/h14-17,20-22H,2-13,18-19H2,1H3. The molecule has 7 N–H and O–H groups in total. The van der Waals surface area contributed by atoms with Crippen LogP contribution < -0.4 is 11.5 Å². The van der Waals surface area contributed by atoms with Gasteiger partial charge < -0.3 is 26.8 Å². The van der Waals surface area contributed by atoms with E-state index in [4.69, 9.17) is 16.6 Å². The van der Waals surface area contributed by atoms with Crippen molar-refractivity contribution >= 4 is 0 Å². The van der Waals surface area contributed by atoms with Crippen molar-refractivity contribution in [1.29, 1.82) is 0 Å². The summed E-state index contributed by atoms with van der Waals surface area (Å²) in [6, 6.07) is 0. The van der Waals surface area contributed by atoms with Crippen LogP contribution in [-0.4, -0.2) is 40.3 Å². The highest BCUT2D eigenvalue weighted by molar-refractivity contribution is 4.80. The second kappa shape index (κ2) is 14.4. The Kier molecular flexibility index (Phi) is 14.3. The Morgan fingerprint density at radius 2 is 1.23 bits per heavy atom. The molecular formula is C17H38N2O3. The quantitative estimate of drug-likeness (QED) is 0.234. The lowest BCUT2D eigenvalue weighted by Crippen LogP contribution is -2.49. The fourth-order valence-corrected chi connectivity index (χ4v) is 2.85. The van der Waals surface area contributed by atoms with E-state index in [1.165, 1.54) is 51.4 Å². The molecule has 5 nitrogen and oxygen atoms in total. The Labute approximate surface area is 136 Å². The lowest BCUT2D eigenvalue weighted by Gasteiger charge is -2.28. The Bertz CT molecular complexity index is 240. The maximum absolute atomic E-state index is 9.92. The Balaban J connectivity index is 3.65. The van der Waals surface area contributed by atoms with Gasteiger partial charge in [0.05, 0.1) is 18.9 Å². The average Bonchev–Trinajstić information content (AvgIpc) is 2.51. The van der Waals surface area contributed by atoms with Crippen LogP contribution in [0.4, 0.5) is 0 Å². The van der Waals surface area contributed by atoms with E-state index >= 15 is 0 Å². The molecule has 0 saturated carbocycles. The maximum atomic E-state index is 9.92. The number of aliphatic hydroxyl groups excluding tert-OH is 3. The smallest absolute Gasteiger partial charge is 0.103 e. The lowest BCUT2D eigenvalue weighted by molar-refractivity contribution is -0.0504. The van der Waals surface area contributed by atoms with Crippen LogP contribution >= 0.6 is 0 Å². The topological polar surface area (TPSA) is 113 Å². The Morgan fingerprint density at radius 1 is 0.773 bits per heavy atom. The summed E-state index contributed by atoms with van der Waals surface area (Å²) in [6.07, 6.45) is 10.3. The molecule has 0 heterocycles. The summed E-state index contributed by atoms with van der Waals surface area (Å²) >= 11 is 0. The summed E-state index contributed by atoms with van der Waals surface area (Å²) < 4.78 is 0. The molecule has 134 valence electrons. The first-order valence-electron chi connectivity index (χ1n) is 9.02. The second-order valence-corrected chi connectivity index (χ2v) is 6.45. The van der Waals surface area contributed by atoms with Crippen molar-refractivity contribution in [3.8, 4) is 0 Å². The number of aliphatic hydroxyl groups is 3. The highest BCUT2D eigenvalue weighted by Crippen LogP contribution is 2.19. The molecule has 0 saturated heterocycles. The summed E-state index contributed by atoms with van der Waals surface area (Å²) in [5, 5.41) is 28.3. The fraction of sp³-hybridized carbons (Fsp3) is 1.00. The Hall–Kier alpha value is -0.200. The number of unbranched alkanes of at least 4 members (excludes halogenated alkanes) is 9. The third kappa shape index (κ3) is 10.5. The van der Waals surface area contributed by atoms with Gasteiger partial charge in [0.2, 0.25) is 0 Å². The van der Waals surface area contributed by atoms with Crippen molar-refractivity contribution in [1.82, 2.24) is 0 Å². The zero-order valence-corrected chi connectivity index (χ0v) is 14.3. The van der Waals surface area contributed by atoms with Gasteiger partial charge in [-0.1, -0.05) is 71.1 Å². The molecule has 0 aliphatic rings. The van der Waals surface area contributed by atoms with Gasteiger partial charge in [-0.05, 0) is 6.42 Å². The van der Waals surface area contributed by atoms with Gasteiger partial charge in [0.1, 0.15) is 6.10 Å². The van der Waals surface area contributed by atoms with E-state index in [9.17, 15) is 10.2 Å². The van der Waals surface area contributed by atoms with Crippen LogP contribution in [0.2, 0.25) is 0 Å². The van der Waals surface area contributed by atoms with Crippen molar-refractivity contribution in [2.24, 2.45) is 17.4 Å². The van der Waals surface area contributed by atoms with Crippen LogP contribution in [0.3, 0.4) is 0 Å².